The number of amides is 1. The van der Waals surface area contributed by atoms with Gasteiger partial charge in [-0.25, -0.2) is 0 Å². The molecule has 150 valence electrons. The summed E-state index contributed by atoms with van der Waals surface area (Å²) < 4.78 is 11.3. The van der Waals surface area contributed by atoms with E-state index < -0.39 is 0 Å². The summed E-state index contributed by atoms with van der Waals surface area (Å²) in [6, 6.07) is 11.8. The monoisotopic (exact) mass is 383 g/mol. The lowest BCUT2D eigenvalue weighted by Gasteiger charge is -2.22. The molecule has 2 N–H and O–H groups in total. The van der Waals surface area contributed by atoms with Crippen LogP contribution in [0.25, 0.3) is 0 Å². The Kier molecular flexibility index (Phi) is 7.67. The van der Waals surface area contributed by atoms with Crippen LogP contribution in [-0.2, 0) is 17.9 Å². The maximum Gasteiger partial charge on any atom is 0.234 e. The number of benzene rings is 1. The van der Waals surface area contributed by atoms with Crippen LogP contribution < -0.4 is 20.1 Å². The largest absolute Gasteiger partial charge is 0.497 e. The molecule has 1 aliphatic carbocycles. The Morgan fingerprint density at radius 2 is 2.04 bits per heavy atom. The molecule has 0 radical (unpaired) electrons. The molecule has 3 rings (SSSR count). The van der Waals surface area contributed by atoms with Gasteiger partial charge < -0.3 is 20.1 Å². The number of methoxy groups -OCH3 is 1. The van der Waals surface area contributed by atoms with E-state index in [-0.39, 0.29) is 12.5 Å². The summed E-state index contributed by atoms with van der Waals surface area (Å²) in [6.07, 6.45) is 7.63. The van der Waals surface area contributed by atoms with Gasteiger partial charge in [0.25, 0.3) is 0 Å². The zero-order valence-corrected chi connectivity index (χ0v) is 16.4. The van der Waals surface area contributed by atoms with Crippen molar-refractivity contribution in [3.8, 4) is 11.5 Å². The third-order valence-corrected chi connectivity index (χ3v) is 4.94. The first kappa shape index (κ1) is 20.1. The Morgan fingerprint density at radius 1 is 1.18 bits per heavy atom. The molecule has 0 saturated heterocycles. The molecule has 6 heteroatoms. The second-order valence-corrected chi connectivity index (χ2v) is 7.09. The minimum atomic E-state index is 0.0470. The first-order valence-electron chi connectivity index (χ1n) is 9.94. The molecule has 1 saturated carbocycles. The minimum Gasteiger partial charge on any atom is -0.497 e. The highest BCUT2D eigenvalue weighted by Crippen LogP contribution is 2.25. The SMILES string of the molecule is COc1ccc(OCc2ccccn2)c(CNCC(=O)NC2CCCCC2)c1. The van der Waals surface area contributed by atoms with Crippen LogP contribution in [0.5, 0.6) is 11.5 Å². The fourth-order valence-electron chi connectivity index (χ4n) is 3.43. The number of nitrogens with one attached hydrogen (secondary N) is 2. The molecule has 1 aliphatic rings. The molecule has 0 spiro atoms. The van der Waals surface area contributed by atoms with Crippen LogP contribution in [0.2, 0.25) is 0 Å². The van der Waals surface area contributed by atoms with E-state index in [2.05, 4.69) is 15.6 Å². The van der Waals surface area contributed by atoms with Crippen LogP contribution in [-0.4, -0.2) is 30.6 Å². The minimum absolute atomic E-state index is 0.0470. The van der Waals surface area contributed by atoms with Gasteiger partial charge in [0.1, 0.15) is 18.1 Å². The van der Waals surface area contributed by atoms with Crippen molar-refractivity contribution < 1.29 is 14.3 Å². The average Bonchev–Trinajstić information content (AvgIpc) is 2.74. The topological polar surface area (TPSA) is 72.5 Å². The summed E-state index contributed by atoms with van der Waals surface area (Å²) in [7, 11) is 1.64. The zero-order valence-electron chi connectivity index (χ0n) is 16.4. The van der Waals surface area contributed by atoms with Gasteiger partial charge in [0.2, 0.25) is 5.91 Å². The van der Waals surface area contributed by atoms with Crippen LogP contribution in [0.3, 0.4) is 0 Å². The third kappa shape index (κ3) is 6.23. The number of pyridine rings is 1. The Hall–Kier alpha value is -2.60. The summed E-state index contributed by atoms with van der Waals surface area (Å²) in [6.45, 7) is 1.20. The normalized spacial score (nSPS) is 14.5. The number of ether oxygens (including phenoxy) is 2. The van der Waals surface area contributed by atoms with Crippen molar-refractivity contribution in [3.05, 3.63) is 53.9 Å². The molecule has 0 aliphatic heterocycles. The lowest BCUT2D eigenvalue weighted by Crippen LogP contribution is -2.41. The molecule has 1 heterocycles. The van der Waals surface area contributed by atoms with Crippen molar-refractivity contribution in [1.82, 2.24) is 15.6 Å². The molecule has 0 unspecified atom stereocenters. The van der Waals surface area contributed by atoms with E-state index in [1.807, 2.05) is 36.4 Å². The van der Waals surface area contributed by atoms with Crippen molar-refractivity contribution in [2.75, 3.05) is 13.7 Å². The standard InChI is InChI=1S/C22H29N3O3/c1-27-20-10-11-21(28-16-19-9-5-6-12-24-19)17(13-20)14-23-15-22(26)25-18-7-3-2-4-8-18/h5-6,9-13,18,23H,2-4,7-8,14-16H2,1H3,(H,25,26). The number of nitrogens with zero attached hydrogens (tertiary/aromatic N) is 1. The van der Waals surface area contributed by atoms with Crippen molar-refractivity contribution in [2.24, 2.45) is 0 Å². The molecule has 0 bridgehead atoms. The highest BCUT2D eigenvalue weighted by atomic mass is 16.5. The molecule has 0 atom stereocenters. The molecule has 1 aromatic heterocycles. The molecule has 1 aromatic carbocycles. The van der Waals surface area contributed by atoms with Crippen molar-refractivity contribution in [3.63, 3.8) is 0 Å². The number of hydrogen-bond acceptors (Lipinski definition) is 5. The van der Waals surface area contributed by atoms with E-state index in [4.69, 9.17) is 9.47 Å². The Balaban J connectivity index is 1.53. The molecule has 1 fully saturated rings. The lowest BCUT2D eigenvalue weighted by molar-refractivity contribution is -0.121. The number of hydrogen-bond donors (Lipinski definition) is 2. The molecule has 2 aromatic rings. The summed E-state index contributed by atoms with van der Waals surface area (Å²) in [5.41, 5.74) is 1.81. The van der Waals surface area contributed by atoms with E-state index >= 15 is 0 Å². The van der Waals surface area contributed by atoms with Crippen LogP contribution in [0.4, 0.5) is 0 Å². The van der Waals surface area contributed by atoms with Gasteiger partial charge in [-0.2, -0.15) is 0 Å². The fraction of sp³-hybridized carbons (Fsp3) is 0.455. The van der Waals surface area contributed by atoms with Gasteiger partial charge in [0, 0.05) is 24.3 Å². The fourth-order valence-corrected chi connectivity index (χ4v) is 3.43. The van der Waals surface area contributed by atoms with Gasteiger partial charge >= 0.3 is 0 Å². The zero-order chi connectivity index (χ0) is 19.6. The predicted octanol–water partition coefficient (Wildman–Crippen LogP) is 3.21. The quantitative estimate of drug-likeness (QED) is 0.696. The molecule has 28 heavy (non-hydrogen) atoms. The number of carbonyl (C=O) groups is 1. The van der Waals surface area contributed by atoms with E-state index in [0.717, 1.165) is 35.6 Å². The molecule has 6 nitrogen and oxygen atoms in total. The second-order valence-electron chi connectivity index (χ2n) is 7.09. The van der Waals surface area contributed by atoms with Crippen molar-refractivity contribution >= 4 is 5.91 Å². The Bertz CT molecular complexity index is 746. The molecular weight excluding hydrogens is 354 g/mol. The average molecular weight is 383 g/mol. The van der Waals surface area contributed by atoms with Gasteiger partial charge in [0.05, 0.1) is 19.3 Å². The van der Waals surface area contributed by atoms with E-state index in [1.165, 1.54) is 19.3 Å². The highest BCUT2D eigenvalue weighted by Gasteiger charge is 2.15. The van der Waals surface area contributed by atoms with Gasteiger partial charge in [-0.05, 0) is 43.2 Å². The Morgan fingerprint density at radius 3 is 2.79 bits per heavy atom. The van der Waals surface area contributed by atoms with Crippen molar-refractivity contribution in [1.29, 1.82) is 0 Å². The van der Waals surface area contributed by atoms with E-state index in [1.54, 1.807) is 13.3 Å². The van der Waals surface area contributed by atoms with Gasteiger partial charge in [0.15, 0.2) is 0 Å². The number of aromatic nitrogens is 1. The second kappa shape index (κ2) is 10.7. The first-order chi connectivity index (χ1) is 13.7. The van der Waals surface area contributed by atoms with Crippen LogP contribution in [0.15, 0.2) is 42.6 Å². The summed E-state index contributed by atoms with van der Waals surface area (Å²) in [4.78, 5) is 16.5. The third-order valence-electron chi connectivity index (χ3n) is 4.94. The molecule has 1 amide bonds. The Labute approximate surface area is 166 Å². The predicted molar refractivity (Wildman–Crippen MR) is 108 cm³/mol. The number of carbonyl (C=O) groups excluding carboxylic acids is 1. The summed E-state index contributed by atoms with van der Waals surface area (Å²) >= 11 is 0. The smallest absolute Gasteiger partial charge is 0.234 e. The van der Waals surface area contributed by atoms with Gasteiger partial charge in [-0.3, -0.25) is 9.78 Å². The molecular formula is C22H29N3O3. The van der Waals surface area contributed by atoms with Gasteiger partial charge in [-0.15, -0.1) is 0 Å². The highest BCUT2D eigenvalue weighted by molar-refractivity contribution is 5.78. The van der Waals surface area contributed by atoms with Crippen molar-refractivity contribution in [2.45, 2.75) is 51.3 Å². The van der Waals surface area contributed by atoms with Gasteiger partial charge in [-0.1, -0.05) is 25.3 Å². The lowest BCUT2D eigenvalue weighted by atomic mass is 9.95. The maximum atomic E-state index is 12.2. The number of rotatable bonds is 9. The van der Waals surface area contributed by atoms with E-state index in [0.29, 0.717) is 19.2 Å². The van der Waals surface area contributed by atoms with Crippen LogP contribution >= 0.6 is 0 Å². The summed E-state index contributed by atoms with van der Waals surface area (Å²) in [5.74, 6) is 1.56. The van der Waals surface area contributed by atoms with Crippen LogP contribution in [0.1, 0.15) is 43.4 Å². The summed E-state index contributed by atoms with van der Waals surface area (Å²) in [5, 5.41) is 6.34. The van der Waals surface area contributed by atoms with E-state index in [9.17, 15) is 4.79 Å². The van der Waals surface area contributed by atoms with Crippen LogP contribution in [0, 0.1) is 0 Å². The first-order valence-corrected chi connectivity index (χ1v) is 9.94. The maximum absolute atomic E-state index is 12.2.